The lowest BCUT2D eigenvalue weighted by Crippen LogP contribution is -2.64. The highest BCUT2D eigenvalue weighted by molar-refractivity contribution is 5.94. The molecule has 3 saturated carbocycles. The molecule has 0 heterocycles. The number of carbonyl (C=O) groups is 4. The van der Waals surface area contributed by atoms with E-state index in [9.17, 15) is 24.3 Å². The number of rotatable bonds is 5. The molecule has 0 saturated heterocycles. The second-order valence-electron chi connectivity index (χ2n) is 13.5. The number of allylic oxidation sites excluding steroid dienone is 1. The average molecular weight is 517 g/mol. The second kappa shape index (κ2) is 9.32. The molecule has 0 bridgehead atoms. The van der Waals surface area contributed by atoms with Crippen LogP contribution in [0.25, 0.3) is 0 Å². The van der Waals surface area contributed by atoms with Crippen molar-refractivity contribution in [2.75, 3.05) is 6.61 Å². The Balaban J connectivity index is 1.75. The van der Waals surface area contributed by atoms with Crippen molar-refractivity contribution in [3.05, 3.63) is 11.6 Å². The third kappa shape index (κ3) is 4.29. The number of aliphatic hydroxyl groups is 1. The van der Waals surface area contributed by atoms with Gasteiger partial charge in [0.15, 0.2) is 18.0 Å². The zero-order chi connectivity index (χ0) is 27.6. The summed E-state index contributed by atoms with van der Waals surface area (Å²) in [4.78, 5) is 51.3. The molecule has 0 aromatic carbocycles. The lowest BCUT2D eigenvalue weighted by molar-refractivity contribution is -0.209. The van der Waals surface area contributed by atoms with Crippen LogP contribution in [0, 0.1) is 39.9 Å². The van der Waals surface area contributed by atoms with Crippen LogP contribution in [0.15, 0.2) is 11.6 Å². The fourth-order valence-corrected chi connectivity index (χ4v) is 8.47. The molecule has 0 aromatic rings. The zero-order valence-corrected chi connectivity index (χ0v) is 23.5. The van der Waals surface area contributed by atoms with Crippen LogP contribution in [0.4, 0.5) is 0 Å². The molecule has 0 amide bonds. The van der Waals surface area contributed by atoms with Crippen molar-refractivity contribution < 1.29 is 33.8 Å². The SMILES string of the molecule is CCC(=O)OCC(=O)[C@@]1(OC(=O)C(C)(C)C)CC[C@H]2[C@@H]3C[C@H](C)C4=CC(=O)CC[C@]4(C)[C@H]3[C@@H](O)C[C@@]21C. The lowest BCUT2D eigenvalue weighted by atomic mass is 9.44. The van der Waals surface area contributed by atoms with Gasteiger partial charge in [-0.2, -0.15) is 0 Å². The van der Waals surface area contributed by atoms with E-state index in [4.69, 9.17) is 9.47 Å². The molecule has 0 spiro atoms. The van der Waals surface area contributed by atoms with Gasteiger partial charge < -0.3 is 14.6 Å². The quantitative estimate of drug-likeness (QED) is 0.533. The van der Waals surface area contributed by atoms with Crippen molar-refractivity contribution in [2.24, 2.45) is 39.9 Å². The monoisotopic (exact) mass is 516 g/mol. The van der Waals surface area contributed by atoms with Gasteiger partial charge in [-0.15, -0.1) is 0 Å². The van der Waals surface area contributed by atoms with E-state index in [1.807, 2.05) is 13.0 Å². The molecule has 0 unspecified atom stereocenters. The number of ether oxygens (including phenoxy) is 2. The Hall–Kier alpha value is -2.02. The standard InChI is InChI=1S/C30H44O7/c1-8-24(34)36-16-23(33)30(37-26(35)27(3,4)5)12-10-20-19-13-17(2)21-14-18(31)9-11-28(21,6)25(19)22(32)15-29(20,30)7/h14,17,19-20,22,25,32H,8-13,15-16H2,1-7H3/t17-,19-,20-,22-,25+,28-,29-,30-/m0/s1. The molecule has 4 aliphatic rings. The van der Waals surface area contributed by atoms with E-state index >= 15 is 0 Å². The summed E-state index contributed by atoms with van der Waals surface area (Å²) in [5.41, 5.74) is -2.21. The van der Waals surface area contributed by atoms with Crippen molar-refractivity contribution in [3.8, 4) is 0 Å². The molecule has 8 atom stereocenters. The summed E-state index contributed by atoms with van der Waals surface area (Å²) in [6, 6.07) is 0. The third-order valence-corrected chi connectivity index (χ3v) is 10.3. The number of fused-ring (bicyclic) bond motifs is 5. The maximum Gasteiger partial charge on any atom is 0.312 e. The average Bonchev–Trinajstić information content (AvgIpc) is 3.10. The minimum Gasteiger partial charge on any atom is -0.457 e. The fraction of sp³-hybridized carbons (Fsp3) is 0.800. The van der Waals surface area contributed by atoms with Crippen molar-refractivity contribution in [3.63, 3.8) is 0 Å². The van der Waals surface area contributed by atoms with Crippen molar-refractivity contribution in [2.45, 2.75) is 105 Å². The van der Waals surface area contributed by atoms with Crippen LogP contribution < -0.4 is 0 Å². The summed E-state index contributed by atoms with van der Waals surface area (Å²) in [6.07, 6.45) is 4.64. The molecule has 4 aliphatic carbocycles. The third-order valence-electron chi connectivity index (χ3n) is 10.3. The highest BCUT2D eigenvalue weighted by atomic mass is 16.6. The van der Waals surface area contributed by atoms with Gasteiger partial charge in [0, 0.05) is 18.3 Å². The molecule has 7 heteroatoms. The number of hydrogen-bond donors (Lipinski definition) is 1. The van der Waals surface area contributed by atoms with Gasteiger partial charge in [0.25, 0.3) is 0 Å². The summed E-state index contributed by atoms with van der Waals surface area (Å²) in [5.74, 6) is -0.842. The van der Waals surface area contributed by atoms with E-state index in [-0.39, 0.29) is 41.3 Å². The van der Waals surface area contributed by atoms with Gasteiger partial charge in [0.1, 0.15) is 0 Å². The first-order valence-corrected chi connectivity index (χ1v) is 14.0. The van der Waals surface area contributed by atoms with Crippen LogP contribution in [0.1, 0.15) is 93.4 Å². The largest absolute Gasteiger partial charge is 0.457 e. The van der Waals surface area contributed by atoms with Crippen molar-refractivity contribution in [1.29, 1.82) is 0 Å². The Morgan fingerprint density at radius 2 is 1.84 bits per heavy atom. The smallest absolute Gasteiger partial charge is 0.312 e. The molecule has 7 nitrogen and oxygen atoms in total. The van der Waals surface area contributed by atoms with Gasteiger partial charge in [0.05, 0.1) is 11.5 Å². The van der Waals surface area contributed by atoms with E-state index in [1.165, 1.54) is 0 Å². The topological polar surface area (TPSA) is 107 Å². The molecular weight excluding hydrogens is 472 g/mol. The molecule has 3 fully saturated rings. The Morgan fingerprint density at radius 3 is 2.46 bits per heavy atom. The van der Waals surface area contributed by atoms with Crippen LogP contribution in [-0.4, -0.2) is 46.9 Å². The first-order valence-electron chi connectivity index (χ1n) is 14.0. The second-order valence-corrected chi connectivity index (χ2v) is 13.5. The highest BCUT2D eigenvalue weighted by Crippen LogP contribution is 2.69. The molecule has 1 N–H and O–H groups in total. The van der Waals surface area contributed by atoms with Gasteiger partial charge in [-0.3, -0.25) is 19.2 Å². The predicted octanol–water partition coefficient (Wildman–Crippen LogP) is 4.59. The van der Waals surface area contributed by atoms with Gasteiger partial charge in [-0.25, -0.2) is 0 Å². The predicted molar refractivity (Wildman–Crippen MR) is 137 cm³/mol. The lowest BCUT2D eigenvalue weighted by Gasteiger charge is -2.62. The summed E-state index contributed by atoms with van der Waals surface area (Å²) in [5, 5.41) is 11.8. The van der Waals surface area contributed by atoms with Crippen molar-refractivity contribution in [1.82, 2.24) is 0 Å². The Bertz CT molecular complexity index is 1020. The molecule has 0 radical (unpaired) electrons. The van der Waals surface area contributed by atoms with Crippen LogP contribution in [-0.2, 0) is 28.7 Å². The minimum absolute atomic E-state index is 0.0248. The van der Waals surface area contributed by atoms with Gasteiger partial charge in [0.2, 0.25) is 5.78 Å². The first kappa shape index (κ1) is 28.0. The maximum absolute atomic E-state index is 13.9. The number of hydrogen-bond acceptors (Lipinski definition) is 7. The summed E-state index contributed by atoms with van der Waals surface area (Å²) >= 11 is 0. The summed E-state index contributed by atoms with van der Waals surface area (Å²) < 4.78 is 11.5. The van der Waals surface area contributed by atoms with Crippen LogP contribution in [0.3, 0.4) is 0 Å². The molecule has 4 rings (SSSR count). The molecule has 0 aromatic heterocycles. The van der Waals surface area contributed by atoms with E-state index in [2.05, 4.69) is 13.8 Å². The number of ketones is 2. The Morgan fingerprint density at radius 1 is 1.16 bits per heavy atom. The fourth-order valence-electron chi connectivity index (χ4n) is 8.47. The number of carbonyl (C=O) groups excluding carboxylic acids is 4. The first-order chi connectivity index (χ1) is 17.1. The molecule has 37 heavy (non-hydrogen) atoms. The number of Topliss-reactive ketones (excluding diaryl/α,β-unsaturated/α-hetero) is 1. The number of esters is 2. The number of aliphatic hydroxyl groups excluding tert-OH is 1. The zero-order valence-electron chi connectivity index (χ0n) is 23.5. The van der Waals surface area contributed by atoms with Crippen LogP contribution in [0.5, 0.6) is 0 Å². The van der Waals surface area contributed by atoms with E-state index in [1.54, 1.807) is 27.7 Å². The van der Waals surface area contributed by atoms with Crippen LogP contribution in [0.2, 0.25) is 0 Å². The van der Waals surface area contributed by atoms with E-state index in [0.29, 0.717) is 25.7 Å². The van der Waals surface area contributed by atoms with E-state index in [0.717, 1.165) is 18.4 Å². The van der Waals surface area contributed by atoms with Crippen LogP contribution >= 0.6 is 0 Å². The summed E-state index contributed by atoms with van der Waals surface area (Å²) in [6.45, 7) is 12.8. The van der Waals surface area contributed by atoms with Crippen molar-refractivity contribution >= 4 is 23.5 Å². The minimum atomic E-state index is -1.47. The Labute approximate surface area is 220 Å². The Kier molecular flexibility index (Phi) is 7.05. The van der Waals surface area contributed by atoms with Gasteiger partial charge >= 0.3 is 11.9 Å². The molecular formula is C30H44O7. The maximum atomic E-state index is 13.9. The normalized spacial score (nSPS) is 41.1. The molecule has 206 valence electrons. The van der Waals surface area contributed by atoms with Gasteiger partial charge in [-0.05, 0) is 88.0 Å². The van der Waals surface area contributed by atoms with Gasteiger partial charge in [-0.1, -0.05) is 33.3 Å². The highest BCUT2D eigenvalue weighted by Gasteiger charge is 2.71. The van der Waals surface area contributed by atoms with E-state index < -0.39 is 46.9 Å². The molecule has 0 aliphatic heterocycles. The summed E-state index contributed by atoms with van der Waals surface area (Å²) in [7, 11) is 0.